The Bertz CT molecular complexity index is 831. The summed E-state index contributed by atoms with van der Waals surface area (Å²) < 4.78 is 0. The van der Waals surface area contributed by atoms with E-state index in [0.717, 1.165) is 26.4 Å². The van der Waals surface area contributed by atoms with E-state index in [1.54, 1.807) is 0 Å². The van der Waals surface area contributed by atoms with Gasteiger partial charge >= 0.3 is 6.09 Å². The van der Waals surface area contributed by atoms with Gasteiger partial charge in [-0.15, -0.1) is 11.3 Å². The lowest BCUT2D eigenvalue weighted by Gasteiger charge is -2.12. The van der Waals surface area contributed by atoms with Gasteiger partial charge < -0.3 is 15.5 Å². The van der Waals surface area contributed by atoms with Gasteiger partial charge in [0.2, 0.25) is 0 Å². The normalized spacial score (nSPS) is 11.9. The van der Waals surface area contributed by atoms with Crippen LogP contribution in [0.3, 0.4) is 0 Å². The standard InChI is InChI=1S/C20H19NO3S/c22-18(15-9-5-2-6-10-15)19-17(14-7-3-1-4-8-14)13-16(25-19)11-12-21-20(23)24/h1-10,13,18,21-22H,11-12H2,(H,23,24). The van der Waals surface area contributed by atoms with Crippen LogP contribution in [0.2, 0.25) is 0 Å². The second-order valence-corrected chi connectivity index (χ2v) is 6.82. The van der Waals surface area contributed by atoms with Gasteiger partial charge in [-0.05, 0) is 29.2 Å². The zero-order valence-corrected chi connectivity index (χ0v) is 14.4. The molecule has 1 heterocycles. The molecule has 0 radical (unpaired) electrons. The molecule has 0 bridgehead atoms. The highest BCUT2D eigenvalue weighted by Gasteiger charge is 2.19. The lowest BCUT2D eigenvalue weighted by Crippen LogP contribution is -2.22. The summed E-state index contributed by atoms with van der Waals surface area (Å²) >= 11 is 1.53. The number of carboxylic acid groups (broad SMARTS) is 1. The van der Waals surface area contributed by atoms with Crippen LogP contribution in [0.15, 0.2) is 66.7 Å². The molecule has 2 aromatic carbocycles. The van der Waals surface area contributed by atoms with Crippen LogP contribution in [-0.4, -0.2) is 22.9 Å². The third-order valence-electron chi connectivity index (χ3n) is 3.91. The number of carbonyl (C=O) groups is 1. The van der Waals surface area contributed by atoms with Crippen molar-refractivity contribution in [3.63, 3.8) is 0 Å². The summed E-state index contributed by atoms with van der Waals surface area (Å²) in [4.78, 5) is 12.5. The number of benzene rings is 2. The zero-order valence-electron chi connectivity index (χ0n) is 13.6. The second kappa shape index (κ2) is 7.96. The molecule has 25 heavy (non-hydrogen) atoms. The summed E-state index contributed by atoms with van der Waals surface area (Å²) in [6, 6.07) is 21.5. The summed E-state index contributed by atoms with van der Waals surface area (Å²) in [6.45, 7) is 0.352. The number of hydrogen-bond acceptors (Lipinski definition) is 3. The number of rotatable bonds is 6. The van der Waals surface area contributed by atoms with Crippen molar-refractivity contribution in [2.75, 3.05) is 6.54 Å². The molecule has 1 amide bonds. The predicted molar refractivity (Wildman–Crippen MR) is 100.0 cm³/mol. The van der Waals surface area contributed by atoms with Gasteiger partial charge in [-0.1, -0.05) is 60.7 Å². The summed E-state index contributed by atoms with van der Waals surface area (Å²) in [7, 11) is 0. The first-order valence-electron chi connectivity index (χ1n) is 8.03. The Hall–Kier alpha value is -2.63. The molecule has 0 aliphatic heterocycles. The minimum absolute atomic E-state index is 0.352. The highest BCUT2D eigenvalue weighted by Crippen LogP contribution is 2.38. The fourth-order valence-electron chi connectivity index (χ4n) is 2.71. The number of hydrogen-bond donors (Lipinski definition) is 3. The molecule has 0 aliphatic carbocycles. The fourth-order valence-corrected chi connectivity index (χ4v) is 3.90. The van der Waals surface area contributed by atoms with Gasteiger partial charge in [0.1, 0.15) is 6.10 Å². The van der Waals surface area contributed by atoms with Gasteiger partial charge in [-0.2, -0.15) is 0 Å². The molecule has 0 saturated heterocycles. The summed E-state index contributed by atoms with van der Waals surface area (Å²) in [5.41, 5.74) is 2.88. The molecule has 4 nitrogen and oxygen atoms in total. The smallest absolute Gasteiger partial charge is 0.404 e. The van der Waals surface area contributed by atoms with Gasteiger partial charge in [0.15, 0.2) is 0 Å². The van der Waals surface area contributed by atoms with Crippen molar-refractivity contribution in [2.45, 2.75) is 12.5 Å². The first kappa shape index (κ1) is 17.2. The molecule has 3 rings (SSSR count). The molecule has 1 unspecified atom stereocenters. The van der Waals surface area contributed by atoms with Gasteiger partial charge in [-0.25, -0.2) is 4.79 Å². The third-order valence-corrected chi connectivity index (χ3v) is 5.16. The quantitative estimate of drug-likeness (QED) is 0.618. The van der Waals surface area contributed by atoms with E-state index in [4.69, 9.17) is 5.11 Å². The van der Waals surface area contributed by atoms with Crippen LogP contribution in [0, 0.1) is 0 Å². The number of amides is 1. The van der Waals surface area contributed by atoms with Crippen molar-refractivity contribution in [1.82, 2.24) is 5.32 Å². The Morgan fingerprint density at radius 2 is 1.68 bits per heavy atom. The molecule has 0 aliphatic rings. The van der Waals surface area contributed by atoms with E-state index in [0.29, 0.717) is 13.0 Å². The van der Waals surface area contributed by atoms with Crippen LogP contribution in [0.4, 0.5) is 4.79 Å². The second-order valence-electron chi connectivity index (χ2n) is 5.65. The number of nitrogens with one attached hydrogen (secondary N) is 1. The topological polar surface area (TPSA) is 69.6 Å². The Labute approximate surface area is 150 Å². The van der Waals surface area contributed by atoms with Crippen molar-refractivity contribution >= 4 is 17.4 Å². The first-order chi connectivity index (χ1) is 12.1. The fraction of sp³-hybridized carbons (Fsp3) is 0.150. The zero-order chi connectivity index (χ0) is 17.6. The average Bonchev–Trinajstić information content (AvgIpc) is 3.06. The van der Waals surface area contributed by atoms with Crippen LogP contribution >= 0.6 is 11.3 Å². The summed E-state index contributed by atoms with van der Waals surface area (Å²) in [5.74, 6) is 0. The number of thiophene rings is 1. The Balaban J connectivity index is 1.94. The molecular formula is C20H19NO3S. The van der Waals surface area contributed by atoms with Crippen LogP contribution in [-0.2, 0) is 6.42 Å². The highest BCUT2D eigenvalue weighted by atomic mass is 32.1. The van der Waals surface area contributed by atoms with E-state index in [2.05, 4.69) is 5.32 Å². The molecule has 0 fully saturated rings. The van der Waals surface area contributed by atoms with Crippen LogP contribution in [0.25, 0.3) is 11.1 Å². The van der Waals surface area contributed by atoms with Crippen molar-refractivity contribution in [2.24, 2.45) is 0 Å². The maximum atomic E-state index is 10.9. The largest absolute Gasteiger partial charge is 0.465 e. The van der Waals surface area contributed by atoms with Crippen molar-refractivity contribution in [3.8, 4) is 11.1 Å². The van der Waals surface area contributed by atoms with Crippen LogP contribution in [0.5, 0.6) is 0 Å². The summed E-state index contributed by atoms with van der Waals surface area (Å²) in [5, 5.41) is 22.0. The first-order valence-corrected chi connectivity index (χ1v) is 8.84. The molecule has 5 heteroatoms. The molecular weight excluding hydrogens is 334 g/mol. The van der Waals surface area contributed by atoms with E-state index in [1.165, 1.54) is 11.3 Å². The van der Waals surface area contributed by atoms with Crippen molar-refractivity contribution in [3.05, 3.63) is 82.0 Å². The van der Waals surface area contributed by atoms with Gasteiger partial charge in [0.25, 0.3) is 0 Å². The highest BCUT2D eigenvalue weighted by molar-refractivity contribution is 7.12. The monoisotopic (exact) mass is 353 g/mol. The van der Waals surface area contributed by atoms with Crippen molar-refractivity contribution in [1.29, 1.82) is 0 Å². The molecule has 3 N–H and O–H groups in total. The van der Waals surface area contributed by atoms with Crippen LogP contribution in [0.1, 0.15) is 21.4 Å². The molecule has 1 aromatic heterocycles. The SMILES string of the molecule is O=C(O)NCCc1cc(-c2ccccc2)c(C(O)c2ccccc2)s1. The van der Waals surface area contributed by atoms with E-state index in [9.17, 15) is 9.90 Å². The Morgan fingerprint density at radius 1 is 1.04 bits per heavy atom. The predicted octanol–water partition coefficient (Wildman–Crippen LogP) is 4.31. The lowest BCUT2D eigenvalue weighted by atomic mass is 10.00. The van der Waals surface area contributed by atoms with Gasteiger partial charge in [-0.3, -0.25) is 0 Å². The van der Waals surface area contributed by atoms with Crippen LogP contribution < -0.4 is 5.32 Å². The Morgan fingerprint density at radius 3 is 2.32 bits per heavy atom. The minimum atomic E-state index is -1.02. The molecule has 3 aromatic rings. The van der Waals surface area contributed by atoms with Crippen molar-refractivity contribution < 1.29 is 15.0 Å². The molecule has 128 valence electrons. The molecule has 0 spiro atoms. The van der Waals surface area contributed by atoms with E-state index in [1.807, 2.05) is 66.7 Å². The Kier molecular flexibility index (Phi) is 5.48. The number of aliphatic hydroxyl groups is 1. The molecule has 1 atom stereocenters. The minimum Gasteiger partial charge on any atom is -0.465 e. The number of aliphatic hydroxyl groups excluding tert-OH is 1. The maximum absolute atomic E-state index is 10.9. The van der Waals surface area contributed by atoms with E-state index in [-0.39, 0.29) is 0 Å². The molecule has 0 saturated carbocycles. The summed E-state index contributed by atoms with van der Waals surface area (Å²) in [6.07, 6.45) is -1.13. The maximum Gasteiger partial charge on any atom is 0.404 e. The average molecular weight is 353 g/mol. The van der Waals surface area contributed by atoms with E-state index >= 15 is 0 Å². The van der Waals surface area contributed by atoms with Gasteiger partial charge in [0.05, 0.1) is 0 Å². The lowest BCUT2D eigenvalue weighted by molar-refractivity contribution is 0.194. The van der Waals surface area contributed by atoms with E-state index < -0.39 is 12.2 Å². The van der Waals surface area contributed by atoms with Gasteiger partial charge in [0, 0.05) is 16.3 Å². The third kappa shape index (κ3) is 4.26.